The number of aliphatic hydroxyl groups excluding tert-OH is 1. The van der Waals surface area contributed by atoms with Crippen molar-refractivity contribution in [3.05, 3.63) is 42.5 Å². The molecule has 1 aromatic carbocycles. The highest BCUT2D eigenvalue weighted by Crippen LogP contribution is 2.32. The van der Waals surface area contributed by atoms with Crippen molar-refractivity contribution in [3.8, 4) is 5.75 Å². The molecule has 1 rings (SSSR count). The van der Waals surface area contributed by atoms with E-state index < -0.39 is 12.0 Å². The van der Waals surface area contributed by atoms with Crippen LogP contribution in [0.25, 0.3) is 0 Å². The molecule has 0 aromatic heterocycles. The summed E-state index contributed by atoms with van der Waals surface area (Å²) in [6.07, 6.45) is -1.54. The van der Waals surface area contributed by atoms with Gasteiger partial charge in [0.15, 0.2) is 0 Å². The highest BCUT2D eigenvalue weighted by atomic mass is 19.3. The highest BCUT2D eigenvalue weighted by Gasteiger charge is 2.35. The molecule has 0 bridgehead atoms. The summed E-state index contributed by atoms with van der Waals surface area (Å²) in [6.45, 7) is 2.94. The minimum absolute atomic E-state index is 0.0349. The lowest BCUT2D eigenvalue weighted by Crippen LogP contribution is -2.23. The molecular formula is C10H10F2O2. The van der Waals surface area contributed by atoms with Gasteiger partial charge in [-0.25, -0.2) is 0 Å². The average molecular weight is 200 g/mol. The molecule has 0 heterocycles. The standard InChI is InChI=1S/C10H10F2O2/c1-2-10(11,12)9(14)7-3-5-8(13)6-4-7/h2-6,9,13-14H,1H2. The van der Waals surface area contributed by atoms with Crippen LogP contribution in [0.15, 0.2) is 36.9 Å². The zero-order chi connectivity index (χ0) is 10.8. The normalized spacial score (nSPS) is 13.6. The van der Waals surface area contributed by atoms with E-state index in [1.165, 1.54) is 24.3 Å². The van der Waals surface area contributed by atoms with Crippen molar-refractivity contribution in [2.45, 2.75) is 12.0 Å². The summed E-state index contributed by atoms with van der Waals surface area (Å²) in [5.74, 6) is -3.40. The SMILES string of the molecule is C=CC(F)(F)C(O)c1ccc(O)cc1. The lowest BCUT2D eigenvalue weighted by atomic mass is 10.0. The first kappa shape index (κ1) is 10.7. The second kappa shape index (κ2) is 3.75. The van der Waals surface area contributed by atoms with Crippen molar-refractivity contribution < 1.29 is 19.0 Å². The van der Waals surface area contributed by atoms with Crippen LogP contribution in [-0.4, -0.2) is 16.1 Å². The van der Waals surface area contributed by atoms with Gasteiger partial charge in [-0.3, -0.25) is 0 Å². The van der Waals surface area contributed by atoms with E-state index >= 15 is 0 Å². The third kappa shape index (κ3) is 2.09. The van der Waals surface area contributed by atoms with Gasteiger partial charge in [0.05, 0.1) is 0 Å². The van der Waals surface area contributed by atoms with Crippen LogP contribution in [-0.2, 0) is 0 Å². The van der Waals surface area contributed by atoms with Gasteiger partial charge in [0.2, 0.25) is 0 Å². The first-order valence-corrected chi connectivity index (χ1v) is 3.96. The lowest BCUT2D eigenvalue weighted by Gasteiger charge is -2.18. The van der Waals surface area contributed by atoms with E-state index in [0.717, 1.165) is 0 Å². The number of aliphatic hydroxyl groups is 1. The van der Waals surface area contributed by atoms with Crippen LogP contribution in [0.3, 0.4) is 0 Å². The van der Waals surface area contributed by atoms with Crippen molar-refractivity contribution in [3.63, 3.8) is 0 Å². The molecule has 2 N–H and O–H groups in total. The fraction of sp³-hybridized carbons (Fsp3) is 0.200. The van der Waals surface area contributed by atoms with Gasteiger partial charge in [-0.05, 0) is 23.8 Å². The van der Waals surface area contributed by atoms with Crippen molar-refractivity contribution in [1.29, 1.82) is 0 Å². The van der Waals surface area contributed by atoms with Gasteiger partial charge in [-0.2, -0.15) is 8.78 Å². The summed E-state index contributed by atoms with van der Waals surface area (Å²) in [7, 11) is 0. The number of alkyl halides is 2. The molecule has 0 amide bonds. The Labute approximate surface area is 80.1 Å². The molecule has 1 unspecified atom stereocenters. The molecule has 0 aliphatic heterocycles. The molecule has 76 valence electrons. The molecular weight excluding hydrogens is 190 g/mol. The van der Waals surface area contributed by atoms with Crippen LogP contribution < -0.4 is 0 Å². The zero-order valence-electron chi connectivity index (χ0n) is 7.32. The molecule has 0 radical (unpaired) electrons. The number of halogens is 2. The highest BCUT2D eigenvalue weighted by molar-refractivity contribution is 5.28. The predicted molar refractivity (Wildman–Crippen MR) is 48.2 cm³/mol. The number of benzene rings is 1. The summed E-state index contributed by atoms with van der Waals surface area (Å²) in [6, 6.07) is 4.93. The van der Waals surface area contributed by atoms with Gasteiger partial charge < -0.3 is 10.2 Å². The fourth-order valence-corrected chi connectivity index (χ4v) is 0.990. The third-order valence-corrected chi connectivity index (χ3v) is 1.85. The van der Waals surface area contributed by atoms with Gasteiger partial charge in [0.25, 0.3) is 5.92 Å². The maximum Gasteiger partial charge on any atom is 0.295 e. The van der Waals surface area contributed by atoms with E-state index in [9.17, 15) is 13.9 Å². The maximum atomic E-state index is 12.9. The molecule has 1 aromatic rings. The summed E-state index contributed by atoms with van der Waals surface area (Å²) in [4.78, 5) is 0. The minimum atomic E-state index is -3.36. The van der Waals surface area contributed by atoms with Gasteiger partial charge >= 0.3 is 0 Å². The van der Waals surface area contributed by atoms with E-state index in [2.05, 4.69) is 6.58 Å². The summed E-state index contributed by atoms with van der Waals surface area (Å²) in [5.41, 5.74) is 0.0349. The van der Waals surface area contributed by atoms with Crippen LogP contribution in [0.2, 0.25) is 0 Å². The Bertz CT molecular complexity index is 319. The lowest BCUT2D eigenvalue weighted by molar-refractivity contribution is -0.0712. The quantitative estimate of drug-likeness (QED) is 0.734. The second-order valence-electron chi connectivity index (χ2n) is 2.87. The molecule has 0 spiro atoms. The fourth-order valence-electron chi connectivity index (χ4n) is 0.990. The minimum Gasteiger partial charge on any atom is -0.508 e. The summed E-state index contributed by atoms with van der Waals surface area (Å²) < 4.78 is 25.8. The predicted octanol–water partition coefficient (Wildman–Crippen LogP) is 2.25. The van der Waals surface area contributed by atoms with Gasteiger partial charge in [0.1, 0.15) is 11.9 Å². The van der Waals surface area contributed by atoms with E-state index in [0.29, 0.717) is 6.08 Å². The Morgan fingerprint density at radius 3 is 2.21 bits per heavy atom. The van der Waals surface area contributed by atoms with Crippen LogP contribution >= 0.6 is 0 Å². The Hall–Kier alpha value is -1.42. The van der Waals surface area contributed by atoms with Crippen LogP contribution in [0, 0.1) is 0 Å². The average Bonchev–Trinajstić information content (AvgIpc) is 2.18. The summed E-state index contributed by atoms with van der Waals surface area (Å²) in [5, 5.41) is 18.1. The number of hydrogen-bond donors (Lipinski definition) is 2. The Kier molecular flexibility index (Phi) is 2.86. The number of phenols is 1. The van der Waals surface area contributed by atoms with E-state index in [1.54, 1.807) is 0 Å². The van der Waals surface area contributed by atoms with Gasteiger partial charge in [0, 0.05) is 0 Å². The molecule has 2 nitrogen and oxygen atoms in total. The van der Waals surface area contributed by atoms with Crippen molar-refractivity contribution in [1.82, 2.24) is 0 Å². The number of rotatable bonds is 3. The van der Waals surface area contributed by atoms with Crippen LogP contribution in [0.1, 0.15) is 11.7 Å². The third-order valence-electron chi connectivity index (χ3n) is 1.85. The molecule has 1 atom stereocenters. The van der Waals surface area contributed by atoms with E-state index in [-0.39, 0.29) is 11.3 Å². The monoisotopic (exact) mass is 200 g/mol. The second-order valence-corrected chi connectivity index (χ2v) is 2.87. The van der Waals surface area contributed by atoms with Crippen molar-refractivity contribution in [2.75, 3.05) is 0 Å². The first-order valence-electron chi connectivity index (χ1n) is 3.96. The largest absolute Gasteiger partial charge is 0.508 e. The van der Waals surface area contributed by atoms with E-state index in [4.69, 9.17) is 5.11 Å². The zero-order valence-corrected chi connectivity index (χ0v) is 7.32. The Morgan fingerprint density at radius 2 is 1.79 bits per heavy atom. The number of phenolic OH excluding ortho intramolecular Hbond substituents is 1. The molecule has 4 heteroatoms. The van der Waals surface area contributed by atoms with Crippen molar-refractivity contribution >= 4 is 0 Å². The number of hydrogen-bond acceptors (Lipinski definition) is 2. The molecule has 0 aliphatic rings. The maximum absolute atomic E-state index is 12.9. The van der Waals surface area contributed by atoms with Gasteiger partial charge in [-0.1, -0.05) is 18.7 Å². The summed E-state index contributed by atoms with van der Waals surface area (Å²) >= 11 is 0. The Balaban J connectivity index is 2.95. The smallest absolute Gasteiger partial charge is 0.295 e. The number of aromatic hydroxyl groups is 1. The molecule has 0 saturated carbocycles. The molecule has 0 saturated heterocycles. The topological polar surface area (TPSA) is 40.5 Å². The van der Waals surface area contributed by atoms with Crippen LogP contribution in [0.5, 0.6) is 5.75 Å². The first-order chi connectivity index (χ1) is 6.47. The van der Waals surface area contributed by atoms with Gasteiger partial charge in [-0.15, -0.1) is 0 Å². The molecule has 0 fully saturated rings. The molecule has 14 heavy (non-hydrogen) atoms. The van der Waals surface area contributed by atoms with Crippen molar-refractivity contribution in [2.24, 2.45) is 0 Å². The van der Waals surface area contributed by atoms with Crippen LogP contribution in [0.4, 0.5) is 8.78 Å². The Morgan fingerprint density at radius 1 is 1.29 bits per heavy atom. The molecule has 0 aliphatic carbocycles. The van der Waals surface area contributed by atoms with E-state index in [1.807, 2.05) is 0 Å².